The zero-order chi connectivity index (χ0) is 11.8. The number of ether oxygens (including phenoxy) is 2. The van der Waals surface area contributed by atoms with Crippen LogP contribution in [0.5, 0.6) is 0 Å². The third-order valence-electron chi connectivity index (χ3n) is 2.98. The second-order valence-corrected chi connectivity index (χ2v) is 4.77. The number of rotatable bonds is 7. The number of ketones is 1. The van der Waals surface area contributed by atoms with Gasteiger partial charge in [0.15, 0.2) is 5.78 Å². The van der Waals surface area contributed by atoms with Gasteiger partial charge in [0.1, 0.15) is 6.61 Å². The van der Waals surface area contributed by atoms with Crippen LogP contribution in [0.4, 0.5) is 0 Å². The number of carbonyl (C=O) groups excluding carboxylic acids is 1. The van der Waals surface area contributed by atoms with E-state index in [1.165, 1.54) is 19.3 Å². The maximum absolute atomic E-state index is 11.7. The Labute approximate surface area is 98.5 Å². The van der Waals surface area contributed by atoms with Gasteiger partial charge in [0.05, 0.1) is 19.3 Å². The van der Waals surface area contributed by atoms with E-state index >= 15 is 0 Å². The van der Waals surface area contributed by atoms with Crippen LogP contribution in [0.25, 0.3) is 0 Å². The topological polar surface area (TPSA) is 35.5 Å². The summed E-state index contributed by atoms with van der Waals surface area (Å²) in [5.74, 6) is 0.545. The van der Waals surface area contributed by atoms with Crippen LogP contribution in [0.2, 0.25) is 0 Å². The van der Waals surface area contributed by atoms with Gasteiger partial charge in [-0.3, -0.25) is 4.79 Å². The van der Waals surface area contributed by atoms with E-state index in [9.17, 15) is 4.79 Å². The van der Waals surface area contributed by atoms with Gasteiger partial charge in [0.2, 0.25) is 0 Å². The molecule has 0 spiro atoms. The summed E-state index contributed by atoms with van der Waals surface area (Å²) in [6.45, 7) is 5.36. The summed E-state index contributed by atoms with van der Waals surface area (Å²) in [4.78, 5) is 11.7. The average Bonchev–Trinajstić information content (AvgIpc) is 2.29. The number of hydrogen-bond donors (Lipinski definition) is 0. The summed E-state index contributed by atoms with van der Waals surface area (Å²) < 4.78 is 10.7. The molecule has 0 aromatic heterocycles. The zero-order valence-corrected chi connectivity index (χ0v) is 10.5. The molecule has 0 heterocycles. The van der Waals surface area contributed by atoms with Crippen LogP contribution >= 0.6 is 0 Å². The molecule has 0 unspecified atom stereocenters. The normalized spacial score (nSPS) is 17.9. The van der Waals surface area contributed by atoms with E-state index in [1.807, 2.05) is 13.8 Å². The van der Waals surface area contributed by atoms with E-state index in [1.54, 1.807) is 0 Å². The van der Waals surface area contributed by atoms with Crippen LogP contribution in [-0.2, 0) is 14.3 Å². The Morgan fingerprint density at radius 1 is 1.19 bits per heavy atom. The first-order valence-corrected chi connectivity index (χ1v) is 6.42. The highest BCUT2D eigenvalue weighted by Crippen LogP contribution is 2.24. The maximum atomic E-state index is 11.7. The third kappa shape index (κ3) is 5.61. The molecule has 1 rings (SSSR count). The lowest BCUT2D eigenvalue weighted by atomic mass is 9.86. The van der Waals surface area contributed by atoms with E-state index < -0.39 is 0 Å². The van der Waals surface area contributed by atoms with Crippen molar-refractivity contribution in [1.82, 2.24) is 0 Å². The number of hydrogen-bond acceptors (Lipinski definition) is 3. The molecule has 0 aromatic carbocycles. The predicted octanol–water partition coefficient (Wildman–Crippen LogP) is 2.58. The van der Waals surface area contributed by atoms with Crippen LogP contribution in [-0.4, -0.2) is 31.7 Å². The van der Waals surface area contributed by atoms with E-state index in [0.717, 1.165) is 12.8 Å². The summed E-state index contributed by atoms with van der Waals surface area (Å²) in [5.41, 5.74) is 0. The molecule has 0 radical (unpaired) electrons. The Kier molecular flexibility index (Phi) is 6.65. The minimum absolute atomic E-state index is 0.234. The van der Waals surface area contributed by atoms with Crippen molar-refractivity contribution in [3.8, 4) is 0 Å². The Hall–Kier alpha value is -0.410. The van der Waals surface area contributed by atoms with Crippen molar-refractivity contribution in [2.75, 3.05) is 19.8 Å². The Bertz CT molecular complexity index is 195. The Balaban J connectivity index is 2.01. The fourth-order valence-corrected chi connectivity index (χ4v) is 2.06. The fraction of sp³-hybridized carbons (Fsp3) is 0.923. The van der Waals surface area contributed by atoms with Crippen molar-refractivity contribution in [3.05, 3.63) is 0 Å². The second-order valence-electron chi connectivity index (χ2n) is 4.77. The van der Waals surface area contributed by atoms with Gasteiger partial charge in [-0.2, -0.15) is 0 Å². The van der Waals surface area contributed by atoms with Crippen molar-refractivity contribution >= 4 is 5.78 Å². The molecule has 94 valence electrons. The lowest BCUT2D eigenvalue weighted by Crippen LogP contribution is -2.23. The zero-order valence-electron chi connectivity index (χ0n) is 10.5. The minimum atomic E-state index is 0.234. The van der Waals surface area contributed by atoms with Gasteiger partial charge >= 0.3 is 0 Å². The summed E-state index contributed by atoms with van der Waals surface area (Å²) in [5, 5.41) is 0. The third-order valence-corrected chi connectivity index (χ3v) is 2.98. The van der Waals surface area contributed by atoms with E-state index in [-0.39, 0.29) is 24.4 Å². The van der Waals surface area contributed by atoms with E-state index in [0.29, 0.717) is 13.2 Å². The largest absolute Gasteiger partial charge is 0.376 e. The highest BCUT2D eigenvalue weighted by atomic mass is 16.5. The highest BCUT2D eigenvalue weighted by Gasteiger charge is 2.20. The van der Waals surface area contributed by atoms with Crippen molar-refractivity contribution in [3.63, 3.8) is 0 Å². The van der Waals surface area contributed by atoms with Gasteiger partial charge in [-0.1, -0.05) is 19.3 Å². The smallest absolute Gasteiger partial charge is 0.161 e. The van der Waals surface area contributed by atoms with Crippen molar-refractivity contribution in [2.24, 2.45) is 5.92 Å². The Morgan fingerprint density at radius 2 is 1.88 bits per heavy atom. The lowest BCUT2D eigenvalue weighted by molar-refractivity contribution is -0.129. The first-order chi connectivity index (χ1) is 7.70. The van der Waals surface area contributed by atoms with Crippen LogP contribution in [0, 0.1) is 5.92 Å². The monoisotopic (exact) mass is 228 g/mol. The van der Waals surface area contributed by atoms with Gasteiger partial charge in [0.25, 0.3) is 0 Å². The molecular weight excluding hydrogens is 204 g/mol. The highest BCUT2D eigenvalue weighted by molar-refractivity contribution is 5.82. The van der Waals surface area contributed by atoms with Crippen molar-refractivity contribution < 1.29 is 14.3 Å². The van der Waals surface area contributed by atoms with Gasteiger partial charge < -0.3 is 9.47 Å². The predicted molar refractivity (Wildman–Crippen MR) is 63.5 cm³/mol. The molecule has 3 nitrogen and oxygen atoms in total. The van der Waals surface area contributed by atoms with Gasteiger partial charge in [-0.25, -0.2) is 0 Å². The Morgan fingerprint density at radius 3 is 2.50 bits per heavy atom. The van der Waals surface area contributed by atoms with Crippen molar-refractivity contribution in [2.45, 2.75) is 52.1 Å². The van der Waals surface area contributed by atoms with Crippen LogP contribution in [0.1, 0.15) is 46.0 Å². The summed E-state index contributed by atoms with van der Waals surface area (Å²) in [7, 11) is 0. The van der Waals surface area contributed by atoms with Crippen LogP contribution < -0.4 is 0 Å². The maximum Gasteiger partial charge on any atom is 0.161 e. The fourth-order valence-electron chi connectivity index (χ4n) is 2.06. The molecule has 1 aliphatic rings. The minimum Gasteiger partial charge on any atom is -0.376 e. The van der Waals surface area contributed by atoms with Crippen LogP contribution in [0.15, 0.2) is 0 Å². The van der Waals surface area contributed by atoms with Crippen molar-refractivity contribution in [1.29, 1.82) is 0 Å². The van der Waals surface area contributed by atoms with Gasteiger partial charge in [-0.05, 0) is 26.7 Å². The van der Waals surface area contributed by atoms with E-state index in [2.05, 4.69) is 0 Å². The van der Waals surface area contributed by atoms with E-state index in [4.69, 9.17) is 9.47 Å². The molecule has 16 heavy (non-hydrogen) atoms. The quantitative estimate of drug-likeness (QED) is 0.628. The molecule has 0 amide bonds. The first-order valence-electron chi connectivity index (χ1n) is 6.42. The molecule has 1 fully saturated rings. The summed E-state index contributed by atoms with van der Waals surface area (Å²) >= 11 is 0. The molecule has 0 N–H and O–H groups in total. The lowest BCUT2D eigenvalue weighted by Gasteiger charge is -2.20. The first kappa shape index (κ1) is 13.7. The molecule has 0 aromatic rings. The molecule has 0 saturated heterocycles. The molecular formula is C13H24O3. The average molecular weight is 228 g/mol. The summed E-state index contributed by atoms with van der Waals surface area (Å²) in [6, 6.07) is 0. The van der Waals surface area contributed by atoms with Crippen LogP contribution in [0.3, 0.4) is 0 Å². The number of carbonyl (C=O) groups is 1. The molecule has 0 bridgehead atoms. The molecule has 0 atom stereocenters. The molecule has 1 saturated carbocycles. The second kappa shape index (κ2) is 7.80. The standard InChI is InChI=1S/C13H24O3/c1-11(2)16-9-8-15-10-13(14)12-6-4-3-5-7-12/h11-12H,3-10H2,1-2H3. The number of Topliss-reactive ketones (excluding diaryl/α,β-unsaturated/α-hetero) is 1. The SMILES string of the molecule is CC(C)OCCOCC(=O)C1CCCCC1. The van der Waals surface area contributed by atoms with Gasteiger partial charge in [-0.15, -0.1) is 0 Å². The summed E-state index contributed by atoms with van der Waals surface area (Å²) in [6.07, 6.45) is 6.04. The molecule has 3 heteroatoms. The van der Waals surface area contributed by atoms with Gasteiger partial charge in [0, 0.05) is 5.92 Å². The molecule has 1 aliphatic carbocycles. The molecule has 0 aliphatic heterocycles.